The van der Waals surface area contributed by atoms with Crippen LogP contribution in [-0.4, -0.2) is 29.4 Å². The molecule has 92 valence electrons. The second kappa shape index (κ2) is 6.07. The van der Waals surface area contributed by atoms with Crippen molar-refractivity contribution in [2.45, 2.75) is 6.42 Å². The van der Waals surface area contributed by atoms with E-state index in [-0.39, 0.29) is 5.56 Å². The van der Waals surface area contributed by atoms with Gasteiger partial charge in [0.1, 0.15) is 5.82 Å². The van der Waals surface area contributed by atoms with Gasteiger partial charge in [-0.3, -0.25) is 4.79 Å². The maximum absolute atomic E-state index is 13.5. The Hall–Kier alpha value is -1.01. The van der Waals surface area contributed by atoms with Gasteiger partial charge in [-0.15, -0.1) is 0 Å². The average molecular weight is 319 g/mol. The first-order valence-corrected chi connectivity index (χ1v) is 6.11. The number of hydrogen-bond acceptors (Lipinski definition) is 2. The second-order valence-corrected chi connectivity index (χ2v) is 4.92. The molecule has 0 atom stereocenters. The highest BCUT2D eigenvalue weighted by atomic mass is 79.9. The highest BCUT2D eigenvalue weighted by Gasteiger charge is 2.18. The van der Waals surface area contributed by atoms with Gasteiger partial charge in [-0.05, 0) is 28.1 Å². The van der Waals surface area contributed by atoms with Crippen LogP contribution in [0.1, 0.15) is 16.8 Å². The lowest BCUT2D eigenvalue weighted by molar-refractivity contribution is 0.0793. The Labute approximate surface area is 113 Å². The van der Waals surface area contributed by atoms with Crippen LogP contribution in [-0.2, 0) is 0 Å². The third-order valence-electron chi connectivity index (χ3n) is 2.22. The van der Waals surface area contributed by atoms with Crippen molar-refractivity contribution >= 4 is 39.0 Å². The SMILES string of the molecule is CN(CCC(N)=S)C(=O)c1c(F)cccc1Br. The highest BCUT2D eigenvalue weighted by Crippen LogP contribution is 2.21. The van der Waals surface area contributed by atoms with E-state index < -0.39 is 11.7 Å². The lowest BCUT2D eigenvalue weighted by atomic mass is 10.2. The van der Waals surface area contributed by atoms with E-state index in [0.29, 0.717) is 22.4 Å². The summed E-state index contributed by atoms with van der Waals surface area (Å²) >= 11 is 7.88. The van der Waals surface area contributed by atoms with Crippen LogP contribution in [0.4, 0.5) is 4.39 Å². The molecule has 0 aliphatic heterocycles. The molecular weight excluding hydrogens is 307 g/mol. The summed E-state index contributed by atoms with van der Waals surface area (Å²) < 4.78 is 14.0. The number of carbonyl (C=O) groups excluding carboxylic acids is 1. The zero-order valence-corrected chi connectivity index (χ0v) is 11.6. The number of amides is 1. The van der Waals surface area contributed by atoms with Gasteiger partial charge in [-0.1, -0.05) is 18.3 Å². The van der Waals surface area contributed by atoms with Gasteiger partial charge in [0.25, 0.3) is 5.91 Å². The van der Waals surface area contributed by atoms with Crippen LogP contribution in [0.15, 0.2) is 22.7 Å². The molecule has 0 aliphatic carbocycles. The summed E-state index contributed by atoms with van der Waals surface area (Å²) in [4.78, 5) is 13.7. The van der Waals surface area contributed by atoms with E-state index in [0.717, 1.165) is 0 Å². The standard InChI is InChI=1S/C11H12BrFN2OS/c1-15(6-5-9(14)17)11(16)10-7(12)3-2-4-8(10)13/h2-4H,5-6H2,1H3,(H2,14,17). The van der Waals surface area contributed by atoms with Gasteiger partial charge in [0.15, 0.2) is 0 Å². The predicted molar refractivity (Wildman–Crippen MR) is 72.5 cm³/mol. The molecule has 1 rings (SSSR count). The summed E-state index contributed by atoms with van der Waals surface area (Å²) in [6, 6.07) is 4.41. The number of benzene rings is 1. The number of carbonyl (C=O) groups is 1. The maximum Gasteiger partial charge on any atom is 0.257 e. The Morgan fingerprint density at radius 2 is 2.24 bits per heavy atom. The van der Waals surface area contributed by atoms with Crippen LogP contribution in [0, 0.1) is 5.82 Å². The fourth-order valence-electron chi connectivity index (χ4n) is 1.27. The highest BCUT2D eigenvalue weighted by molar-refractivity contribution is 9.10. The third-order valence-corrected chi connectivity index (χ3v) is 3.08. The van der Waals surface area contributed by atoms with Crippen LogP contribution in [0.3, 0.4) is 0 Å². The molecule has 0 aliphatic rings. The van der Waals surface area contributed by atoms with Crippen LogP contribution in [0.5, 0.6) is 0 Å². The molecule has 1 amide bonds. The zero-order valence-electron chi connectivity index (χ0n) is 9.24. The third kappa shape index (κ3) is 3.74. The Bertz CT molecular complexity index is 433. The first kappa shape index (κ1) is 14.1. The predicted octanol–water partition coefficient (Wildman–Crippen LogP) is 2.34. The number of hydrogen-bond donors (Lipinski definition) is 1. The minimum absolute atomic E-state index is 0.0259. The first-order chi connectivity index (χ1) is 7.93. The van der Waals surface area contributed by atoms with Crippen molar-refractivity contribution in [2.24, 2.45) is 5.73 Å². The average Bonchev–Trinajstić information content (AvgIpc) is 2.25. The monoisotopic (exact) mass is 318 g/mol. The number of nitrogens with two attached hydrogens (primary N) is 1. The van der Waals surface area contributed by atoms with Crippen molar-refractivity contribution in [1.29, 1.82) is 0 Å². The fourth-order valence-corrected chi connectivity index (χ4v) is 1.88. The summed E-state index contributed by atoms with van der Waals surface area (Å²) in [5.41, 5.74) is 5.38. The normalized spacial score (nSPS) is 10.1. The van der Waals surface area contributed by atoms with Gasteiger partial charge in [0.05, 0.1) is 10.6 Å². The van der Waals surface area contributed by atoms with E-state index in [1.807, 2.05) is 0 Å². The Balaban J connectivity index is 2.85. The first-order valence-electron chi connectivity index (χ1n) is 4.91. The van der Waals surface area contributed by atoms with Crippen molar-refractivity contribution in [2.75, 3.05) is 13.6 Å². The minimum atomic E-state index is -0.549. The van der Waals surface area contributed by atoms with Gasteiger partial charge in [-0.25, -0.2) is 4.39 Å². The molecule has 17 heavy (non-hydrogen) atoms. The van der Waals surface area contributed by atoms with Crippen molar-refractivity contribution in [3.05, 3.63) is 34.1 Å². The molecule has 0 saturated carbocycles. The summed E-state index contributed by atoms with van der Waals surface area (Å²) in [5, 5.41) is 0. The lowest BCUT2D eigenvalue weighted by Crippen LogP contribution is -2.30. The van der Waals surface area contributed by atoms with Crippen LogP contribution in [0.2, 0.25) is 0 Å². The molecule has 0 saturated heterocycles. The van der Waals surface area contributed by atoms with Crippen molar-refractivity contribution in [3.63, 3.8) is 0 Å². The van der Waals surface area contributed by atoms with Gasteiger partial charge < -0.3 is 10.6 Å². The molecule has 2 N–H and O–H groups in total. The Kier molecular flexibility index (Phi) is 5.02. The van der Waals surface area contributed by atoms with Gasteiger partial charge >= 0.3 is 0 Å². The number of thiocarbonyl (C=S) groups is 1. The molecule has 0 radical (unpaired) electrons. The second-order valence-electron chi connectivity index (χ2n) is 3.54. The fraction of sp³-hybridized carbons (Fsp3) is 0.273. The summed E-state index contributed by atoms with van der Waals surface area (Å²) in [5.74, 6) is -0.947. The number of nitrogens with zero attached hydrogens (tertiary/aromatic N) is 1. The molecule has 0 bridgehead atoms. The van der Waals surface area contributed by atoms with Gasteiger partial charge in [0.2, 0.25) is 0 Å². The van der Waals surface area contributed by atoms with E-state index in [4.69, 9.17) is 18.0 Å². The topological polar surface area (TPSA) is 46.3 Å². The molecule has 0 aromatic heterocycles. The molecular formula is C11H12BrFN2OS. The van der Waals surface area contributed by atoms with Crippen molar-refractivity contribution < 1.29 is 9.18 Å². The van der Waals surface area contributed by atoms with Crippen LogP contribution >= 0.6 is 28.1 Å². The van der Waals surface area contributed by atoms with E-state index >= 15 is 0 Å². The number of halogens is 2. The quantitative estimate of drug-likeness (QED) is 0.867. The summed E-state index contributed by atoms with van der Waals surface area (Å²) in [6.07, 6.45) is 0.420. The van der Waals surface area contributed by atoms with E-state index in [1.165, 1.54) is 17.0 Å². The Morgan fingerprint density at radius 1 is 1.59 bits per heavy atom. The molecule has 0 heterocycles. The van der Waals surface area contributed by atoms with Crippen LogP contribution in [0.25, 0.3) is 0 Å². The molecule has 0 fully saturated rings. The molecule has 3 nitrogen and oxygen atoms in total. The van der Waals surface area contributed by atoms with E-state index in [2.05, 4.69) is 15.9 Å². The molecule has 0 unspecified atom stereocenters. The molecule has 6 heteroatoms. The largest absolute Gasteiger partial charge is 0.393 e. The van der Waals surface area contributed by atoms with Crippen molar-refractivity contribution in [3.8, 4) is 0 Å². The molecule has 0 spiro atoms. The number of rotatable bonds is 4. The summed E-state index contributed by atoms with van der Waals surface area (Å²) in [6.45, 7) is 0.370. The van der Waals surface area contributed by atoms with Gasteiger partial charge in [0, 0.05) is 24.5 Å². The van der Waals surface area contributed by atoms with Crippen molar-refractivity contribution in [1.82, 2.24) is 4.90 Å². The minimum Gasteiger partial charge on any atom is -0.393 e. The maximum atomic E-state index is 13.5. The van der Waals surface area contributed by atoms with E-state index in [9.17, 15) is 9.18 Å². The van der Waals surface area contributed by atoms with Crippen LogP contribution < -0.4 is 5.73 Å². The molecule has 1 aromatic rings. The zero-order chi connectivity index (χ0) is 13.0. The Morgan fingerprint density at radius 3 is 2.76 bits per heavy atom. The summed E-state index contributed by atoms with van der Waals surface area (Å²) in [7, 11) is 1.58. The molecule has 1 aromatic carbocycles. The smallest absolute Gasteiger partial charge is 0.257 e. The van der Waals surface area contributed by atoms with Gasteiger partial charge in [-0.2, -0.15) is 0 Å². The van der Waals surface area contributed by atoms with E-state index in [1.54, 1.807) is 13.1 Å². The lowest BCUT2D eigenvalue weighted by Gasteiger charge is -2.17.